The lowest BCUT2D eigenvalue weighted by Gasteiger charge is -2.18. The predicted molar refractivity (Wildman–Crippen MR) is 74.5 cm³/mol. The van der Waals surface area contributed by atoms with Gasteiger partial charge in [0, 0.05) is 6.54 Å². The Morgan fingerprint density at radius 2 is 1.95 bits per heavy atom. The summed E-state index contributed by atoms with van der Waals surface area (Å²) in [7, 11) is 1.80. The summed E-state index contributed by atoms with van der Waals surface area (Å²) < 4.78 is 28.4. The number of nitrogens with zero attached hydrogens (tertiary/aromatic N) is 2. The van der Waals surface area contributed by atoms with Crippen LogP contribution in [0, 0.1) is 11.6 Å². The molecule has 5 heteroatoms. The van der Waals surface area contributed by atoms with Crippen LogP contribution >= 0.6 is 0 Å². The van der Waals surface area contributed by atoms with Gasteiger partial charge < -0.3 is 5.32 Å². The second kappa shape index (κ2) is 6.13. The average molecular weight is 279 g/mol. The Bertz CT molecular complexity index is 593. The third-order valence-corrected chi connectivity index (χ3v) is 3.38. The summed E-state index contributed by atoms with van der Waals surface area (Å²) in [5.74, 6) is -1.66. The van der Waals surface area contributed by atoms with Gasteiger partial charge in [0.15, 0.2) is 11.6 Å². The van der Waals surface area contributed by atoms with Crippen molar-refractivity contribution in [1.82, 2.24) is 15.1 Å². The Hall–Kier alpha value is -1.75. The molecule has 0 saturated carbocycles. The van der Waals surface area contributed by atoms with E-state index in [4.69, 9.17) is 0 Å². The van der Waals surface area contributed by atoms with Crippen molar-refractivity contribution in [2.24, 2.45) is 0 Å². The number of aryl methyl sites for hydroxylation is 2. The highest BCUT2D eigenvalue weighted by molar-refractivity contribution is 5.30. The fourth-order valence-electron chi connectivity index (χ4n) is 2.32. The molecule has 0 aliphatic heterocycles. The van der Waals surface area contributed by atoms with Crippen LogP contribution in [0.2, 0.25) is 0 Å². The van der Waals surface area contributed by atoms with Gasteiger partial charge in [0.05, 0.1) is 17.4 Å². The van der Waals surface area contributed by atoms with E-state index in [0.717, 1.165) is 30.4 Å². The molecule has 2 rings (SSSR count). The lowest BCUT2D eigenvalue weighted by Crippen LogP contribution is -2.21. The van der Waals surface area contributed by atoms with Crippen molar-refractivity contribution in [3.8, 4) is 0 Å². The lowest BCUT2D eigenvalue weighted by atomic mass is 10.0. The van der Waals surface area contributed by atoms with Gasteiger partial charge in [0.25, 0.3) is 0 Å². The monoisotopic (exact) mass is 279 g/mol. The Balaban J connectivity index is 2.45. The fraction of sp³-hybridized carbons (Fsp3) is 0.400. The Labute approximate surface area is 117 Å². The molecule has 2 aromatic rings. The summed E-state index contributed by atoms with van der Waals surface area (Å²) in [5, 5.41) is 7.63. The molecule has 0 bridgehead atoms. The molecule has 3 nitrogen and oxygen atoms in total. The van der Waals surface area contributed by atoms with Crippen LogP contribution in [0.25, 0.3) is 0 Å². The first-order chi connectivity index (χ1) is 9.60. The molecule has 0 aliphatic rings. The van der Waals surface area contributed by atoms with Crippen LogP contribution in [0.15, 0.2) is 24.3 Å². The van der Waals surface area contributed by atoms with Crippen LogP contribution in [0.3, 0.4) is 0 Å². The van der Waals surface area contributed by atoms with Gasteiger partial charge in [-0.15, -0.1) is 0 Å². The summed E-state index contributed by atoms with van der Waals surface area (Å²) in [4.78, 5) is 0. The van der Waals surface area contributed by atoms with E-state index in [2.05, 4.69) is 10.4 Å². The van der Waals surface area contributed by atoms with Crippen LogP contribution in [0.1, 0.15) is 36.8 Å². The molecule has 1 atom stereocenters. The molecule has 0 fully saturated rings. The molecule has 1 heterocycles. The molecule has 0 amide bonds. The van der Waals surface area contributed by atoms with E-state index in [0.29, 0.717) is 5.56 Å². The number of hydrogen-bond acceptors (Lipinski definition) is 2. The van der Waals surface area contributed by atoms with E-state index in [9.17, 15) is 8.78 Å². The summed E-state index contributed by atoms with van der Waals surface area (Å²) in [6, 6.07) is 5.78. The minimum absolute atomic E-state index is 0.210. The molecular formula is C15H19F2N3. The summed E-state index contributed by atoms with van der Waals surface area (Å²) in [6.45, 7) is 4.78. The zero-order valence-corrected chi connectivity index (χ0v) is 12.0. The maximum Gasteiger partial charge on any atom is 0.159 e. The Morgan fingerprint density at radius 1 is 1.20 bits per heavy atom. The standard InChI is InChI=1S/C15H19F2N3/c1-4-11-9-14(20(5-2)19-11)15(18-3)10-6-7-12(16)13(17)8-10/h6-9,15,18H,4-5H2,1-3H3. The lowest BCUT2D eigenvalue weighted by molar-refractivity contribution is 0.502. The molecule has 108 valence electrons. The van der Waals surface area contributed by atoms with Crippen molar-refractivity contribution in [2.75, 3.05) is 7.05 Å². The average Bonchev–Trinajstić information content (AvgIpc) is 2.87. The smallest absolute Gasteiger partial charge is 0.159 e. The zero-order chi connectivity index (χ0) is 14.7. The molecule has 1 aromatic heterocycles. The third-order valence-electron chi connectivity index (χ3n) is 3.38. The molecule has 1 N–H and O–H groups in total. The van der Waals surface area contributed by atoms with Crippen molar-refractivity contribution in [2.45, 2.75) is 32.9 Å². The van der Waals surface area contributed by atoms with Gasteiger partial charge in [-0.3, -0.25) is 4.68 Å². The van der Waals surface area contributed by atoms with E-state index in [1.165, 1.54) is 6.07 Å². The van der Waals surface area contributed by atoms with Crippen molar-refractivity contribution in [1.29, 1.82) is 0 Å². The summed E-state index contributed by atoms with van der Waals surface area (Å²) >= 11 is 0. The molecule has 1 aromatic carbocycles. The SMILES string of the molecule is CCc1cc(C(NC)c2ccc(F)c(F)c2)n(CC)n1. The van der Waals surface area contributed by atoms with Crippen LogP contribution in [0.5, 0.6) is 0 Å². The largest absolute Gasteiger partial charge is 0.308 e. The van der Waals surface area contributed by atoms with Gasteiger partial charge in [-0.05, 0) is 44.2 Å². The van der Waals surface area contributed by atoms with Gasteiger partial charge in [-0.1, -0.05) is 13.0 Å². The highest BCUT2D eigenvalue weighted by Crippen LogP contribution is 2.24. The van der Waals surface area contributed by atoms with E-state index in [-0.39, 0.29) is 6.04 Å². The number of hydrogen-bond donors (Lipinski definition) is 1. The maximum atomic E-state index is 13.4. The first-order valence-electron chi connectivity index (χ1n) is 6.79. The molecule has 0 saturated heterocycles. The minimum atomic E-state index is -0.832. The number of aromatic nitrogens is 2. The molecule has 0 aliphatic carbocycles. The van der Waals surface area contributed by atoms with Gasteiger partial charge in [0.2, 0.25) is 0 Å². The van der Waals surface area contributed by atoms with Gasteiger partial charge in [-0.2, -0.15) is 5.10 Å². The number of rotatable bonds is 5. The molecular weight excluding hydrogens is 260 g/mol. The van der Waals surface area contributed by atoms with E-state index in [1.54, 1.807) is 13.1 Å². The molecule has 1 unspecified atom stereocenters. The number of nitrogens with one attached hydrogen (secondary N) is 1. The van der Waals surface area contributed by atoms with Gasteiger partial charge in [0.1, 0.15) is 0 Å². The van der Waals surface area contributed by atoms with E-state index >= 15 is 0 Å². The third kappa shape index (κ3) is 2.72. The molecule has 0 radical (unpaired) electrons. The van der Waals surface area contributed by atoms with Crippen LogP contribution < -0.4 is 5.32 Å². The summed E-state index contributed by atoms with van der Waals surface area (Å²) in [5.41, 5.74) is 2.63. The maximum absolute atomic E-state index is 13.4. The second-order valence-corrected chi connectivity index (χ2v) is 4.63. The fourth-order valence-corrected chi connectivity index (χ4v) is 2.32. The second-order valence-electron chi connectivity index (χ2n) is 4.63. The van der Waals surface area contributed by atoms with Gasteiger partial charge >= 0.3 is 0 Å². The van der Waals surface area contributed by atoms with Crippen LogP contribution in [-0.4, -0.2) is 16.8 Å². The van der Waals surface area contributed by atoms with Crippen molar-refractivity contribution in [3.63, 3.8) is 0 Å². The molecule has 0 spiro atoms. The number of benzene rings is 1. The highest BCUT2D eigenvalue weighted by Gasteiger charge is 2.19. The Morgan fingerprint density at radius 3 is 2.50 bits per heavy atom. The number of halogens is 2. The predicted octanol–water partition coefficient (Wildman–Crippen LogP) is 3.05. The summed E-state index contributed by atoms with van der Waals surface area (Å²) in [6.07, 6.45) is 0.841. The first-order valence-corrected chi connectivity index (χ1v) is 6.79. The van der Waals surface area contributed by atoms with Crippen LogP contribution in [-0.2, 0) is 13.0 Å². The Kier molecular flexibility index (Phi) is 4.49. The zero-order valence-electron chi connectivity index (χ0n) is 12.0. The van der Waals surface area contributed by atoms with Crippen molar-refractivity contribution < 1.29 is 8.78 Å². The molecule has 20 heavy (non-hydrogen) atoms. The quantitative estimate of drug-likeness (QED) is 0.911. The normalized spacial score (nSPS) is 12.7. The van der Waals surface area contributed by atoms with Crippen LogP contribution in [0.4, 0.5) is 8.78 Å². The minimum Gasteiger partial charge on any atom is -0.308 e. The van der Waals surface area contributed by atoms with Gasteiger partial charge in [-0.25, -0.2) is 8.78 Å². The highest BCUT2D eigenvalue weighted by atomic mass is 19.2. The topological polar surface area (TPSA) is 29.9 Å². The first kappa shape index (κ1) is 14.7. The van der Waals surface area contributed by atoms with E-state index in [1.807, 2.05) is 24.6 Å². The van der Waals surface area contributed by atoms with E-state index < -0.39 is 11.6 Å². The van der Waals surface area contributed by atoms with Crippen molar-refractivity contribution >= 4 is 0 Å². The van der Waals surface area contributed by atoms with Crippen molar-refractivity contribution in [3.05, 3.63) is 52.9 Å².